The van der Waals surface area contributed by atoms with E-state index < -0.39 is 0 Å². The van der Waals surface area contributed by atoms with E-state index >= 15 is 0 Å². The van der Waals surface area contributed by atoms with Gasteiger partial charge in [0.25, 0.3) is 0 Å². The highest BCUT2D eigenvalue weighted by molar-refractivity contribution is 5.74. The first kappa shape index (κ1) is 16.4. The maximum absolute atomic E-state index is 12.2. The molecule has 128 valence electrons. The van der Waals surface area contributed by atoms with E-state index in [0.29, 0.717) is 12.2 Å². The summed E-state index contributed by atoms with van der Waals surface area (Å²) in [6, 6.07) is 9.75. The molecule has 0 saturated heterocycles. The summed E-state index contributed by atoms with van der Waals surface area (Å²) in [6.45, 7) is 0.379. The van der Waals surface area contributed by atoms with Crippen LogP contribution in [0.4, 0.5) is 4.79 Å². The van der Waals surface area contributed by atoms with Crippen molar-refractivity contribution in [2.24, 2.45) is 0 Å². The Hall–Kier alpha value is -2.41. The van der Waals surface area contributed by atoms with E-state index in [1.807, 2.05) is 30.3 Å². The average molecular weight is 329 g/mol. The highest BCUT2D eigenvalue weighted by atomic mass is 16.3. The van der Waals surface area contributed by atoms with Crippen LogP contribution in [0.15, 0.2) is 36.5 Å². The van der Waals surface area contributed by atoms with Gasteiger partial charge < -0.3 is 15.7 Å². The molecule has 1 heterocycles. The van der Waals surface area contributed by atoms with Crippen LogP contribution >= 0.6 is 0 Å². The van der Waals surface area contributed by atoms with Crippen molar-refractivity contribution in [3.8, 4) is 0 Å². The third-order valence-corrected chi connectivity index (χ3v) is 4.40. The molecule has 1 saturated carbocycles. The number of hydrogen-bond donors (Lipinski definition) is 3. The minimum atomic E-state index is -0.168. The third-order valence-electron chi connectivity index (χ3n) is 4.40. The molecule has 1 aliphatic rings. The second-order valence-electron chi connectivity index (χ2n) is 6.12. The standard InChI is InChI=1S/C17H23N5O2/c23-12-14-11-22(21-20-14)16-9-5-4-8-15(16)19-17(24)18-10-13-6-2-1-3-7-13/h1-3,6-7,11,15-16,23H,4-5,8-10,12H2,(H2,18,19,24)/t15-,16+/m0/s1. The van der Waals surface area contributed by atoms with E-state index in [1.165, 1.54) is 0 Å². The molecule has 2 amide bonds. The number of nitrogens with zero attached hydrogens (tertiary/aromatic N) is 3. The first-order chi connectivity index (χ1) is 11.8. The van der Waals surface area contributed by atoms with Crippen molar-refractivity contribution in [1.82, 2.24) is 25.6 Å². The summed E-state index contributed by atoms with van der Waals surface area (Å²) < 4.78 is 1.77. The Bertz CT molecular complexity index is 658. The van der Waals surface area contributed by atoms with Gasteiger partial charge in [0, 0.05) is 6.54 Å². The Kier molecular flexibility index (Phi) is 5.43. The lowest BCUT2D eigenvalue weighted by Gasteiger charge is -2.31. The summed E-state index contributed by atoms with van der Waals surface area (Å²) in [5, 5.41) is 23.1. The molecule has 1 aliphatic carbocycles. The van der Waals surface area contributed by atoms with Gasteiger partial charge in [0.1, 0.15) is 5.69 Å². The maximum atomic E-state index is 12.2. The Balaban J connectivity index is 1.58. The van der Waals surface area contributed by atoms with E-state index in [4.69, 9.17) is 5.11 Å². The number of nitrogens with one attached hydrogen (secondary N) is 2. The van der Waals surface area contributed by atoms with Gasteiger partial charge in [0.2, 0.25) is 0 Å². The lowest BCUT2D eigenvalue weighted by Crippen LogP contribution is -2.47. The zero-order chi connectivity index (χ0) is 16.8. The number of carbonyl (C=O) groups is 1. The van der Waals surface area contributed by atoms with Crippen molar-refractivity contribution in [1.29, 1.82) is 0 Å². The van der Waals surface area contributed by atoms with Gasteiger partial charge in [-0.1, -0.05) is 48.4 Å². The summed E-state index contributed by atoms with van der Waals surface area (Å²) in [7, 11) is 0. The monoisotopic (exact) mass is 329 g/mol. The van der Waals surface area contributed by atoms with Crippen LogP contribution in [-0.4, -0.2) is 32.2 Å². The number of urea groups is 1. The molecule has 2 atom stereocenters. The number of rotatable bonds is 5. The highest BCUT2D eigenvalue weighted by Gasteiger charge is 2.28. The summed E-state index contributed by atoms with van der Waals surface area (Å²) in [6.07, 6.45) is 5.80. The van der Waals surface area contributed by atoms with E-state index in [2.05, 4.69) is 20.9 Å². The number of benzene rings is 1. The van der Waals surface area contributed by atoms with E-state index in [0.717, 1.165) is 31.2 Å². The Morgan fingerprint density at radius 1 is 1.25 bits per heavy atom. The quantitative estimate of drug-likeness (QED) is 0.779. The largest absolute Gasteiger partial charge is 0.390 e. The lowest BCUT2D eigenvalue weighted by molar-refractivity contribution is 0.212. The molecule has 1 aromatic heterocycles. The first-order valence-electron chi connectivity index (χ1n) is 8.36. The fourth-order valence-corrected chi connectivity index (χ4v) is 3.14. The van der Waals surface area contributed by atoms with Crippen LogP contribution in [-0.2, 0) is 13.2 Å². The number of carbonyl (C=O) groups excluding carboxylic acids is 1. The molecule has 3 N–H and O–H groups in total. The summed E-state index contributed by atoms with van der Waals surface area (Å²) in [4.78, 5) is 12.2. The SMILES string of the molecule is O=C(NCc1ccccc1)N[C@H]1CCCC[C@H]1n1cc(CO)nn1. The number of aromatic nitrogens is 3. The number of amides is 2. The molecule has 1 fully saturated rings. The van der Waals surface area contributed by atoms with Gasteiger partial charge in [0.15, 0.2) is 0 Å². The zero-order valence-electron chi connectivity index (χ0n) is 13.6. The van der Waals surface area contributed by atoms with E-state index in [9.17, 15) is 4.79 Å². The van der Waals surface area contributed by atoms with Gasteiger partial charge in [-0.2, -0.15) is 0 Å². The molecule has 0 unspecified atom stereocenters. The van der Waals surface area contributed by atoms with Crippen LogP contribution in [0.1, 0.15) is 43.0 Å². The predicted octanol–water partition coefficient (Wildman–Crippen LogP) is 1.75. The van der Waals surface area contributed by atoms with Gasteiger partial charge in [-0.05, 0) is 18.4 Å². The van der Waals surface area contributed by atoms with Crippen molar-refractivity contribution in [2.75, 3.05) is 0 Å². The van der Waals surface area contributed by atoms with Gasteiger partial charge in [-0.3, -0.25) is 0 Å². The van der Waals surface area contributed by atoms with Gasteiger partial charge in [0.05, 0.1) is 24.9 Å². The first-order valence-corrected chi connectivity index (χ1v) is 8.36. The van der Waals surface area contributed by atoms with Crippen molar-refractivity contribution in [3.63, 3.8) is 0 Å². The van der Waals surface area contributed by atoms with Crippen LogP contribution in [0.25, 0.3) is 0 Å². The summed E-state index contributed by atoms with van der Waals surface area (Å²) in [5.74, 6) is 0. The molecule has 1 aromatic carbocycles. The van der Waals surface area contributed by atoms with Gasteiger partial charge in [-0.25, -0.2) is 9.48 Å². The van der Waals surface area contributed by atoms with Crippen LogP contribution < -0.4 is 10.6 Å². The van der Waals surface area contributed by atoms with Gasteiger partial charge >= 0.3 is 6.03 Å². The van der Waals surface area contributed by atoms with Crippen molar-refractivity contribution < 1.29 is 9.90 Å². The van der Waals surface area contributed by atoms with Crippen LogP contribution in [0, 0.1) is 0 Å². The smallest absolute Gasteiger partial charge is 0.315 e. The molecule has 0 spiro atoms. The van der Waals surface area contributed by atoms with Crippen LogP contribution in [0.5, 0.6) is 0 Å². The zero-order valence-corrected chi connectivity index (χ0v) is 13.6. The summed E-state index contributed by atoms with van der Waals surface area (Å²) in [5.41, 5.74) is 1.62. The molecule has 7 heteroatoms. The van der Waals surface area contributed by atoms with Crippen molar-refractivity contribution >= 4 is 6.03 Å². The molecule has 7 nitrogen and oxygen atoms in total. The normalized spacial score (nSPS) is 20.5. The Morgan fingerprint density at radius 3 is 2.79 bits per heavy atom. The van der Waals surface area contributed by atoms with Crippen LogP contribution in [0.3, 0.4) is 0 Å². The second kappa shape index (κ2) is 7.92. The summed E-state index contributed by atoms with van der Waals surface area (Å²) >= 11 is 0. The fourth-order valence-electron chi connectivity index (χ4n) is 3.14. The number of aliphatic hydroxyl groups excluding tert-OH is 1. The molecule has 0 radical (unpaired) electrons. The maximum Gasteiger partial charge on any atom is 0.315 e. The van der Waals surface area contributed by atoms with E-state index in [-0.39, 0.29) is 24.7 Å². The minimum Gasteiger partial charge on any atom is -0.390 e. The predicted molar refractivity (Wildman–Crippen MR) is 89.1 cm³/mol. The minimum absolute atomic E-state index is 0.0165. The number of aliphatic hydroxyl groups is 1. The third kappa shape index (κ3) is 4.11. The molecule has 0 bridgehead atoms. The Morgan fingerprint density at radius 2 is 2.04 bits per heavy atom. The second-order valence-corrected chi connectivity index (χ2v) is 6.12. The highest BCUT2D eigenvalue weighted by Crippen LogP contribution is 2.28. The van der Waals surface area contributed by atoms with Crippen LogP contribution in [0.2, 0.25) is 0 Å². The average Bonchev–Trinajstić information content (AvgIpc) is 3.10. The van der Waals surface area contributed by atoms with Crippen molar-refractivity contribution in [3.05, 3.63) is 47.8 Å². The molecular formula is C17H23N5O2. The van der Waals surface area contributed by atoms with Gasteiger partial charge in [-0.15, -0.1) is 5.10 Å². The Labute approximate surface area is 141 Å². The molecule has 2 aromatic rings. The molecule has 0 aliphatic heterocycles. The van der Waals surface area contributed by atoms with E-state index in [1.54, 1.807) is 10.9 Å². The number of hydrogen-bond acceptors (Lipinski definition) is 4. The molecule has 24 heavy (non-hydrogen) atoms. The lowest BCUT2D eigenvalue weighted by atomic mass is 9.90. The van der Waals surface area contributed by atoms with Crippen molar-refractivity contribution in [2.45, 2.75) is 50.9 Å². The fraction of sp³-hybridized carbons (Fsp3) is 0.471. The molecular weight excluding hydrogens is 306 g/mol. The topological polar surface area (TPSA) is 92.1 Å². The molecule has 3 rings (SSSR count).